The topological polar surface area (TPSA) is 94.1 Å². The van der Waals surface area contributed by atoms with Crippen molar-refractivity contribution in [1.82, 2.24) is 0 Å². The number of carboxylic acids is 1. The van der Waals surface area contributed by atoms with E-state index in [-0.39, 0.29) is 24.4 Å². The number of rotatable bonds is 9. The van der Waals surface area contributed by atoms with Gasteiger partial charge in [0.2, 0.25) is 5.91 Å². The highest BCUT2D eigenvalue weighted by molar-refractivity contribution is 5.95. The zero-order valence-corrected chi connectivity index (χ0v) is 20.4. The number of hydrogen-bond donors (Lipinski definition) is 2. The summed E-state index contributed by atoms with van der Waals surface area (Å²) in [7, 11) is 2.94. The van der Waals surface area contributed by atoms with Crippen LogP contribution in [0.25, 0.3) is 11.1 Å². The maximum atomic E-state index is 15.5. The highest BCUT2D eigenvalue weighted by atomic mass is 19.1. The molecule has 2 unspecified atom stereocenters. The molecule has 2 saturated carbocycles. The number of aliphatic carboxylic acids is 1. The van der Waals surface area contributed by atoms with E-state index >= 15 is 4.39 Å². The van der Waals surface area contributed by atoms with Crippen LogP contribution in [0.1, 0.15) is 49.7 Å². The summed E-state index contributed by atoms with van der Waals surface area (Å²) in [6, 6.07) is 6.85. The fourth-order valence-electron chi connectivity index (χ4n) is 4.82. The quantitative estimate of drug-likeness (QED) is 0.499. The van der Waals surface area contributed by atoms with E-state index in [2.05, 4.69) is 5.32 Å². The number of amides is 1. The maximum absolute atomic E-state index is 15.5. The molecular formula is C27H32FNO6. The summed E-state index contributed by atoms with van der Waals surface area (Å²) in [5, 5.41) is 12.4. The van der Waals surface area contributed by atoms with E-state index in [9.17, 15) is 14.7 Å². The highest BCUT2D eigenvalue weighted by Gasteiger charge is 2.35. The first-order valence-electron chi connectivity index (χ1n) is 12.0. The Morgan fingerprint density at radius 2 is 1.74 bits per heavy atom. The van der Waals surface area contributed by atoms with Gasteiger partial charge in [0.05, 0.1) is 38.8 Å². The van der Waals surface area contributed by atoms with Crippen molar-refractivity contribution in [3.63, 3.8) is 0 Å². The van der Waals surface area contributed by atoms with Crippen molar-refractivity contribution in [2.24, 2.45) is 11.8 Å². The van der Waals surface area contributed by atoms with Crippen LogP contribution in [0, 0.1) is 24.6 Å². The molecule has 2 N–H and O–H groups in total. The van der Waals surface area contributed by atoms with E-state index < -0.39 is 23.6 Å². The average molecular weight is 486 g/mol. The van der Waals surface area contributed by atoms with E-state index in [0.717, 1.165) is 25.7 Å². The summed E-state index contributed by atoms with van der Waals surface area (Å²) in [5.41, 5.74) is 2.72. The van der Waals surface area contributed by atoms with Gasteiger partial charge in [0, 0.05) is 16.8 Å². The van der Waals surface area contributed by atoms with Crippen molar-refractivity contribution in [3.05, 3.63) is 41.2 Å². The van der Waals surface area contributed by atoms with Crippen molar-refractivity contribution in [1.29, 1.82) is 0 Å². The standard InChI is InChI=1S/C27H32FNO6/c1-15-23(33-2)13-22(24(28)25(15)34-3)19-11-8-17(12-16(19)14-35-18-9-10-18)29-26(30)20-6-4-5-7-21(20)27(31)32/h8,11-13,18,20-21H,4-7,9-10,14H2,1-3H3,(H,29,30)(H,31,32). The molecule has 0 spiro atoms. The molecule has 0 saturated heterocycles. The fourth-order valence-corrected chi connectivity index (χ4v) is 4.82. The van der Waals surface area contributed by atoms with Gasteiger partial charge in [-0.15, -0.1) is 0 Å². The second-order valence-corrected chi connectivity index (χ2v) is 9.31. The number of carbonyl (C=O) groups excluding carboxylic acids is 1. The number of carbonyl (C=O) groups is 2. The minimum absolute atomic E-state index is 0.114. The molecule has 0 aliphatic heterocycles. The van der Waals surface area contributed by atoms with Crippen LogP contribution in [0.5, 0.6) is 11.5 Å². The van der Waals surface area contributed by atoms with Crippen LogP contribution < -0.4 is 14.8 Å². The van der Waals surface area contributed by atoms with Crippen LogP contribution >= 0.6 is 0 Å². The van der Waals surface area contributed by atoms with Gasteiger partial charge in [-0.05, 0) is 61.9 Å². The Balaban J connectivity index is 1.67. The number of ether oxygens (including phenoxy) is 3. The third kappa shape index (κ3) is 5.42. The lowest BCUT2D eigenvalue weighted by molar-refractivity contribution is -0.147. The van der Waals surface area contributed by atoms with Gasteiger partial charge in [0.15, 0.2) is 11.6 Å². The Hall–Kier alpha value is -3.13. The monoisotopic (exact) mass is 485 g/mol. The number of carboxylic acid groups (broad SMARTS) is 1. The Morgan fingerprint density at radius 1 is 1.03 bits per heavy atom. The van der Waals surface area contributed by atoms with Crippen LogP contribution in [0.4, 0.5) is 10.1 Å². The summed E-state index contributed by atoms with van der Waals surface area (Å²) in [6.45, 7) is 1.98. The summed E-state index contributed by atoms with van der Waals surface area (Å²) in [4.78, 5) is 24.6. The summed E-state index contributed by atoms with van der Waals surface area (Å²) >= 11 is 0. The first-order chi connectivity index (χ1) is 16.8. The molecule has 0 aromatic heterocycles. The Morgan fingerprint density at radius 3 is 2.37 bits per heavy atom. The third-order valence-electron chi connectivity index (χ3n) is 6.93. The SMILES string of the molecule is COc1cc(-c2ccc(NC(=O)C3CCCCC3C(=O)O)cc2COC2CC2)c(F)c(OC)c1C. The number of methoxy groups -OCH3 is 2. The molecule has 0 heterocycles. The molecule has 4 rings (SSSR count). The molecule has 2 aromatic carbocycles. The van der Waals surface area contributed by atoms with Gasteiger partial charge < -0.3 is 24.6 Å². The number of anilines is 1. The molecule has 2 fully saturated rings. The second-order valence-electron chi connectivity index (χ2n) is 9.31. The molecule has 35 heavy (non-hydrogen) atoms. The zero-order chi connectivity index (χ0) is 25.1. The summed E-state index contributed by atoms with van der Waals surface area (Å²) in [6.07, 6.45) is 4.86. The Labute approximate surface area is 204 Å². The lowest BCUT2D eigenvalue weighted by Gasteiger charge is -2.27. The maximum Gasteiger partial charge on any atom is 0.307 e. The van der Waals surface area contributed by atoms with Crippen LogP contribution in [0.3, 0.4) is 0 Å². The van der Waals surface area contributed by atoms with E-state index in [1.807, 2.05) is 0 Å². The van der Waals surface area contributed by atoms with Crippen LogP contribution in [-0.2, 0) is 20.9 Å². The number of nitrogens with one attached hydrogen (secondary N) is 1. The molecule has 8 heteroatoms. The van der Waals surface area contributed by atoms with E-state index in [0.29, 0.717) is 46.5 Å². The van der Waals surface area contributed by atoms with Gasteiger partial charge in [-0.1, -0.05) is 18.9 Å². The van der Waals surface area contributed by atoms with Crippen molar-refractivity contribution in [2.45, 2.75) is 58.2 Å². The molecule has 2 aliphatic rings. The molecule has 0 radical (unpaired) electrons. The average Bonchev–Trinajstić information content (AvgIpc) is 3.68. The van der Waals surface area contributed by atoms with E-state index in [4.69, 9.17) is 14.2 Å². The summed E-state index contributed by atoms with van der Waals surface area (Å²) in [5.74, 6) is -2.37. The number of benzene rings is 2. The number of halogens is 1. The van der Waals surface area contributed by atoms with Gasteiger partial charge in [-0.3, -0.25) is 9.59 Å². The molecule has 2 aromatic rings. The van der Waals surface area contributed by atoms with Gasteiger partial charge in [-0.25, -0.2) is 4.39 Å². The smallest absolute Gasteiger partial charge is 0.307 e. The second kappa shape index (κ2) is 10.6. The van der Waals surface area contributed by atoms with E-state index in [1.165, 1.54) is 14.2 Å². The van der Waals surface area contributed by atoms with Gasteiger partial charge >= 0.3 is 5.97 Å². The normalized spacial score (nSPS) is 19.8. The van der Waals surface area contributed by atoms with Crippen molar-refractivity contribution < 1.29 is 33.3 Å². The third-order valence-corrected chi connectivity index (χ3v) is 6.93. The largest absolute Gasteiger partial charge is 0.496 e. The van der Waals surface area contributed by atoms with Crippen LogP contribution in [0.15, 0.2) is 24.3 Å². The fraction of sp³-hybridized carbons (Fsp3) is 0.481. The minimum Gasteiger partial charge on any atom is -0.496 e. The predicted octanol–water partition coefficient (Wildman–Crippen LogP) is 5.33. The molecule has 7 nitrogen and oxygen atoms in total. The molecule has 2 aliphatic carbocycles. The molecular weight excluding hydrogens is 453 g/mol. The highest BCUT2D eigenvalue weighted by Crippen LogP contribution is 2.40. The minimum atomic E-state index is -0.934. The first-order valence-corrected chi connectivity index (χ1v) is 12.0. The van der Waals surface area contributed by atoms with Gasteiger partial charge in [0.25, 0.3) is 0 Å². The molecule has 2 atom stereocenters. The predicted molar refractivity (Wildman–Crippen MR) is 129 cm³/mol. The molecule has 188 valence electrons. The van der Waals surface area contributed by atoms with Crippen molar-refractivity contribution in [3.8, 4) is 22.6 Å². The molecule has 1 amide bonds. The van der Waals surface area contributed by atoms with E-state index in [1.54, 1.807) is 31.2 Å². The lowest BCUT2D eigenvalue weighted by atomic mass is 9.78. The van der Waals surface area contributed by atoms with Gasteiger partial charge in [-0.2, -0.15) is 0 Å². The Kier molecular flexibility index (Phi) is 7.60. The van der Waals surface area contributed by atoms with Crippen molar-refractivity contribution >= 4 is 17.6 Å². The van der Waals surface area contributed by atoms with Crippen molar-refractivity contribution in [2.75, 3.05) is 19.5 Å². The van der Waals surface area contributed by atoms with Crippen LogP contribution in [0.2, 0.25) is 0 Å². The Bertz CT molecular complexity index is 1110. The van der Waals surface area contributed by atoms with Crippen LogP contribution in [-0.4, -0.2) is 37.3 Å². The molecule has 0 bridgehead atoms. The number of hydrogen-bond acceptors (Lipinski definition) is 5. The first kappa shape index (κ1) is 25.0. The van der Waals surface area contributed by atoms with Gasteiger partial charge in [0.1, 0.15) is 5.75 Å². The summed E-state index contributed by atoms with van der Waals surface area (Å²) < 4.78 is 32.1. The lowest BCUT2D eigenvalue weighted by Crippen LogP contribution is -2.36. The zero-order valence-electron chi connectivity index (χ0n) is 20.4.